The number of aromatic hydroxyl groups is 1. The number of amides is 9. The molecule has 0 aromatic heterocycles. The first kappa shape index (κ1) is 65.2. The molecule has 1 rings (SSSR count). The second kappa shape index (κ2) is 33.1. The molecule has 0 fully saturated rings. The van der Waals surface area contributed by atoms with Crippen molar-refractivity contribution in [2.45, 2.75) is 147 Å². The lowest BCUT2D eigenvalue weighted by molar-refractivity contribution is -0.142. The van der Waals surface area contributed by atoms with Crippen LogP contribution in [0.3, 0.4) is 0 Å². The Balaban J connectivity index is 3.35. The van der Waals surface area contributed by atoms with Crippen LogP contribution in [0, 0.1) is 11.8 Å². The highest BCUT2D eigenvalue weighted by Gasteiger charge is 2.34. The molecule has 9 atom stereocenters. The van der Waals surface area contributed by atoms with Crippen molar-refractivity contribution in [2.24, 2.45) is 56.2 Å². The first-order valence-corrected chi connectivity index (χ1v) is 24.2. The van der Waals surface area contributed by atoms with E-state index in [-0.39, 0.29) is 87.5 Å². The van der Waals surface area contributed by atoms with Gasteiger partial charge in [-0.1, -0.05) is 39.8 Å². The van der Waals surface area contributed by atoms with E-state index in [4.69, 9.17) is 34.4 Å². The fourth-order valence-corrected chi connectivity index (χ4v) is 7.01. The standard InChI is InChI=1S/C46H78N16O13/c1-22(2)17-31(60-42(72)32(20-34(48)65)59-38(68)28(47)19-26-11-13-27(64)14-12-26)41(71)58-30(10-8-16-54-46(51)52)40(70)57-29(9-7-15-53-45(49)50)39(69)55-21-35(66)62-36(25(6)63)43(73)56-24(5)37(67)61-33(44(74)75)18-23(3)4/h11-14,22-25,28-33,36,63-64H,7-10,15-21,47H2,1-6H3,(H2,48,65)(H,55,69)(H,56,73)(H,57,70)(H,58,71)(H,59,68)(H,60,72)(H,61,67)(H,62,66)(H,74,75)(H4,49,50,53)(H4,51,52,54)/t24-,25+,28-,29-,30-,31-,32-,33-,36-/m0/s1. The Morgan fingerprint density at radius 2 is 1.01 bits per heavy atom. The summed E-state index contributed by atoms with van der Waals surface area (Å²) in [5.41, 5.74) is 33.9. The number of carboxylic acids is 1. The Morgan fingerprint density at radius 3 is 1.49 bits per heavy atom. The number of guanidine groups is 2. The molecular formula is C46H78N16O13. The number of primary amides is 1. The normalized spacial score (nSPS) is 14.6. The van der Waals surface area contributed by atoms with Crippen LogP contribution in [-0.4, -0.2) is 160 Å². The fourth-order valence-electron chi connectivity index (χ4n) is 7.01. The largest absolute Gasteiger partial charge is 0.508 e. The van der Waals surface area contributed by atoms with Crippen LogP contribution in [0.4, 0.5) is 0 Å². The number of benzene rings is 1. The fraction of sp³-hybridized carbons (Fsp3) is 0.609. The predicted molar refractivity (Wildman–Crippen MR) is 274 cm³/mol. The summed E-state index contributed by atoms with van der Waals surface area (Å²) in [5, 5.41) is 48.8. The summed E-state index contributed by atoms with van der Waals surface area (Å²) in [6.45, 7) is 8.60. The summed E-state index contributed by atoms with van der Waals surface area (Å²) in [5.74, 6) is -10.5. The Kier molecular flexibility index (Phi) is 28.8. The molecule has 420 valence electrons. The Morgan fingerprint density at radius 1 is 0.560 bits per heavy atom. The van der Waals surface area contributed by atoms with Gasteiger partial charge in [0.1, 0.15) is 48.0 Å². The maximum atomic E-state index is 14.1. The van der Waals surface area contributed by atoms with Gasteiger partial charge in [-0.05, 0) is 88.3 Å². The minimum atomic E-state index is -1.66. The molecule has 0 unspecified atom stereocenters. The van der Waals surface area contributed by atoms with Gasteiger partial charge in [-0.25, -0.2) is 4.79 Å². The zero-order chi connectivity index (χ0) is 57.1. The number of aliphatic hydroxyl groups is 1. The van der Waals surface area contributed by atoms with Crippen LogP contribution in [-0.2, 0) is 54.4 Å². The van der Waals surface area contributed by atoms with Crippen molar-refractivity contribution < 1.29 is 63.3 Å². The van der Waals surface area contributed by atoms with Crippen LogP contribution in [0.1, 0.15) is 92.1 Å². The van der Waals surface area contributed by atoms with Gasteiger partial charge in [0.25, 0.3) is 0 Å². The van der Waals surface area contributed by atoms with Crippen LogP contribution < -0.4 is 76.9 Å². The molecule has 0 bridgehead atoms. The lowest BCUT2D eigenvalue weighted by Gasteiger charge is -2.27. The van der Waals surface area contributed by atoms with E-state index in [2.05, 4.69) is 52.5 Å². The average molecular weight is 1060 g/mol. The van der Waals surface area contributed by atoms with E-state index < -0.39 is 127 Å². The first-order valence-electron chi connectivity index (χ1n) is 24.2. The molecule has 0 aliphatic carbocycles. The van der Waals surface area contributed by atoms with Gasteiger partial charge in [0.05, 0.1) is 25.1 Å². The Labute approximate surface area is 434 Å². The minimum Gasteiger partial charge on any atom is -0.508 e. The number of nitrogens with zero attached hydrogens (tertiary/aromatic N) is 2. The van der Waals surface area contributed by atoms with Crippen molar-refractivity contribution in [3.05, 3.63) is 29.8 Å². The molecule has 1 aromatic rings. The smallest absolute Gasteiger partial charge is 0.326 e. The number of rotatable bonds is 34. The van der Waals surface area contributed by atoms with Crippen molar-refractivity contribution in [3.8, 4) is 5.75 Å². The van der Waals surface area contributed by atoms with Gasteiger partial charge >= 0.3 is 5.97 Å². The van der Waals surface area contributed by atoms with Gasteiger partial charge in [0, 0.05) is 13.1 Å². The van der Waals surface area contributed by atoms with Gasteiger partial charge in [-0.3, -0.25) is 53.1 Å². The molecule has 23 N–H and O–H groups in total. The molecule has 0 radical (unpaired) electrons. The summed E-state index contributed by atoms with van der Waals surface area (Å²) < 4.78 is 0. The first-order chi connectivity index (χ1) is 35.0. The zero-order valence-corrected chi connectivity index (χ0v) is 43.2. The van der Waals surface area contributed by atoms with Gasteiger partial charge in [-0.15, -0.1) is 0 Å². The SMILES string of the molecule is CC(C)C[C@H](NC(=O)[C@H](C)NC(=O)[C@@H](NC(=O)CNC(=O)[C@H](CCCN=C(N)N)NC(=O)[C@H](CCCN=C(N)N)NC(=O)[C@H](CC(C)C)NC(=O)[C@H](CC(N)=O)NC(=O)[C@@H](N)Cc1ccc(O)cc1)[C@@H](C)O)C(=O)O. The van der Waals surface area contributed by atoms with E-state index in [1.807, 2.05) is 0 Å². The van der Waals surface area contributed by atoms with Crippen LogP contribution in [0.5, 0.6) is 5.75 Å². The number of nitrogens with two attached hydrogens (primary N) is 6. The number of phenols is 1. The quantitative estimate of drug-likeness (QED) is 0.0174. The van der Waals surface area contributed by atoms with Crippen LogP contribution in [0.15, 0.2) is 34.3 Å². The Bertz CT molecular complexity index is 2170. The van der Waals surface area contributed by atoms with E-state index in [1.54, 1.807) is 27.7 Å². The highest BCUT2D eigenvalue weighted by Crippen LogP contribution is 2.13. The number of phenolic OH excluding ortho intramolecular Hbond substituents is 1. The second-order valence-electron chi connectivity index (χ2n) is 18.7. The van der Waals surface area contributed by atoms with Gasteiger partial charge in [0.2, 0.25) is 53.2 Å². The van der Waals surface area contributed by atoms with E-state index in [0.29, 0.717) is 5.56 Å². The molecule has 1 aromatic carbocycles. The van der Waals surface area contributed by atoms with E-state index in [1.165, 1.54) is 38.1 Å². The maximum Gasteiger partial charge on any atom is 0.326 e. The topological polar surface area (TPSA) is 508 Å². The molecule has 75 heavy (non-hydrogen) atoms. The van der Waals surface area contributed by atoms with Crippen molar-refractivity contribution in [3.63, 3.8) is 0 Å². The highest BCUT2D eigenvalue weighted by atomic mass is 16.4. The number of hydrogen-bond donors (Lipinski definition) is 17. The summed E-state index contributed by atoms with van der Waals surface area (Å²) in [4.78, 5) is 139. The van der Waals surface area contributed by atoms with Crippen molar-refractivity contribution in [2.75, 3.05) is 19.6 Å². The number of hydrogen-bond acceptors (Lipinski definition) is 15. The summed E-state index contributed by atoms with van der Waals surface area (Å²) in [7, 11) is 0. The number of aliphatic carboxylic acids is 1. The molecule has 0 heterocycles. The zero-order valence-electron chi connectivity index (χ0n) is 43.2. The molecule has 0 saturated carbocycles. The van der Waals surface area contributed by atoms with Gasteiger partial charge in [0.15, 0.2) is 11.9 Å². The lowest BCUT2D eigenvalue weighted by atomic mass is 10.0. The molecule has 9 amide bonds. The molecule has 29 heteroatoms. The number of carboxylic acid groups (broad SMARTS) is 1. The molecule has 29 nitrogen and oxygen atoms in total. The van der Waals surface area contributed by atoms with Crippen LogP contribution in [0.25, 0.3) is 0 Å². The maximum absolute atomic E-state index is 14.1. The predicted octanol–water partition coefficient (Wildman–Crippen LogP) is -5.67. The molecular weight excluding hydrogens is 985 g/mol. The highest BCUT2D eigenvalue weighted by molar-refractivity contribution is 5.98. The summed E-state index contributed by atoms with van der Waals surface area (Å²) >= 11 is 0. The number of aliphatic imine (C=N–C) groups is 2. The third-order valence-electron chi connectivity index (χ3n) is 10.8. The molecule has 0 spiro atoms. The van der Waals surface area contributed by atoms with E-state index in [0.717, 1.165) is 0 Å². The van der Waals surface area contributed by atoms with Gasteiger partial charge in [-0.2, -0.15) is 0 Å². The monoisotopic (exact) mass is 1060 g/mol. The third kappa shape index (κ3) is 26.6. The number of carbonyl (C=O) groups is 10. The number of aliphatic hydroxyl groups excluding tert-OH is 1. The van der Waals surface area contributed by atoms with Crippen molar-refractivity contribution in [1.82, 2.24) is 42.5 Å². The number of carbonyl (C=O) groups excluding carboxylic acids is 9. The van der Waals surface area contributed by atoms with Crippen LogP contribution >= 0.6 is 0 Å². The molecule has 0 aliphatic rings. The minimum absolute atomic E-state index is 0.00384. The summed E-state index contributed by atoms with van der Waals surface area (Å²) in [6, 6.07) is -5.39. The van der Waals surface area contributed by atoms with Crippen LogP contribution in [0.2, 0.25) is 0 Å². The lowest BCUT2D eigenvalue weighted by Crippen LogP contribution is -2.60. The van der Waals surface area contributed by atoms with Crippen molar-refractivity contribution >= 4 is 71.1 Å². The van der Waals surface area contributed by atoms with Crippen molar-refractivity contribution in [1.29, 1.82) is 0 Å². The van der Waals surface area contributed by atoms with E-state index in [9.17, 15) is 63.3 Å². The second-order valence-corrected chi connectivity index (χ2v) is 18.7. The molecule has 0 aliphatic heterocycles. The number of nitrogens with one attached hydrogen (secondary N) is 8. The average Bonchev–Trinajstić information content (AvgIpc) is 3.30. The summed E-state index contributed by atoms with van der Waals surface area (Å²) in [6.07, 6.45) is -2.23. The molecule has 0 saturated heterocycles. The van der Waals surface area contributed by atoms with E-state index >= 15 is 0 Å². The van der Waals surface area contributed by atoms with Gasteiger partial charge < -0.3 is 92.3 Å². The third-order valence-corrected chi connectivity index (χ3v) is 10.8. The Hall–Kier alpha value is -7.82.